The van der Waals surface area contributed by atoms with Crippen LogP contribution in [0, 0.1) is 18.7 Å². The minimum absolute atomic E-state index is 0.0291. The van der Waals surface area contributed by atoms with Crippen molar-refractivity contribution in [1.29, 1.82) is 0 Å². The van der Waals surface area contributed by atoms with E-state index in [2.05, 4.69) is 29.4 Å². The number of halogens is 1. The van der Waals surface area contributed by atoms with Crippen molar-refractivity contribution >= 4 is 29.1 Å². The molecule has 0 aromatic heterocycles. The average molecular weight is 522 g/mol. The van der Waals surface area contributed by atoms with Gasteiger partial charge in [-0.05, 0) is 80.3 Å². The zero-order chi connectivity index (χ0) is 27.8. The smallest absolute Gasteiger partial charge is 0.336 e. The molecule has 3 aromatic carbocycles. The summed E-state index contributed by atoms with van der Waals surface area (Å²) in [5, 5.41) is 15.4. The number of rotatable bonds is 11. The first kappa shape index (κ1) is 28.7. The molecule has 0 saturated heterocycles. The number of aromatic carboxylic acids is 1. The molecule has 0 radical (unpaired) electrons. The van der Waals surface area contributed by atoms with Crippen LogP contribution in [0.25, 0.3) is 11.1 Å². The Morgan fingerprint density at radius 1 is 0.974 bits per heavy atom. The van der Waals surface area contributed by atoms with Crippen LogP contribution in [0.5, 0.6) is 0 Å². The molecule has 0 aliphatic rings. The molecule has 3 aromatic rings. The lowest BCUT2D eigenvalue weighted by Gasteiger charge is -2.29. The number of carboxylic acid groups (broad SMARTS) is 1. The number of hydrogen-bond donors (Lipinski definition) is 3. The van der Waals surface area contributed by atoms with Crippen molar-refractivity contribution in [2.75, 3.05) is 35.2 Å². The van der Waals surface area contributed by atoms with Crippen molar-refractivity contribution < 1.29 is 23.8 Å². The molecule has 0 aliphatic heterocycles. The number of ether oxygens (including phenoxy) is 1. The molecule has 0 atom stereocenters. The van der Waals surface area contributed by atoms with Gasteiger partial charge in [-0.1, -0.05) is 37.6 Å². The van der Waals surface area contributed by atoms with Gasteiger partial charge >= 0.3 is 12.0 Å². The van der Waals surface area contributed by atoms with Crippen LogP contribution >= 0.6 is 0 Å². The monoisotopic (exact) mass is 521 g/mol. The number of carbonyl (C=O) groups is 2. The second-order valence-corrected chi connectivity index (χ2v) is 9.93. The van der Waals surface area contributed by atoms with E-state index in [9.17, 15) is 19.1 Å². The third kappa shape index (κ3) is 8.05. The average Bonchev–Trinajstić information content (AvgIpc) is 2.84. The first-order chi connectivity index (χ1) is 18.0. The Hall–Kier alpha value is -3.91. The lowest BCUT2D eigenvalue weighted by atomic mass is 9.98. The lowest BCUT2D eigenvalue weighted by Crippen LogP contribution is -2.33. The normalized spacial score (nSPS) is 11.1. The molecule has 0 unspecified atom stereocenters. The van der Waals surface area contributed by atoms with E-state index in [0.717, 1.165) is 17.3 Å². The van der Waals surface area contributed by atoms with Crippen molar-refractivity contribution in [2.45, 2.75) is 40.7 Å². The Balaban J connectivity index is 2.03. The van der Waals surface area contributed by atoms with Gasteiger partial charge in [0.1, 0.15) is 5.82 Å². The van der Waals surface area contributed by atoms with Crippen LogP contribution in [0.2, 0.25) is 0 Å². The fourth-order valence-corrected chi connectivity index (χ4v) is 4.09. The van der Waals surface area contributed by atoms with Gasteiger partial charge in [0.05, 0.1) is 29.6 Å². The fraction of sp³-hybridized carbons (Fsp3) is 0.333. The van der Waals surface area contributed by atoms with Crippen molar-refractivity contribution in [3.05, 3.63) is 77.6 Å². The van der Waals surface area contributed by atoms with Crippen molar-refractivity contribution in [2.24, 2.45) is 5.92 Å². The molecular formula is C30H36FN3O4. The molecule has 3 rings (SSSR count). The SMILES string of the molecule is Cc1ccc(NC(=O)Nc2cc(-c3cc(F)ccc3C(=O)O)ccc2N(CCOC(C)C)CC(C)C)cc1. The minimum Gasteiger partial charge on any atom is -0.478 e. The molecule has 3 N–H and O–H groups in total. The van der Waals surface area contributed by atoms with E-state index >= 15 is 0 Å². The molecule has 7 nitrogen and oxygen atoms in total. The van der Waals surface area contributed by atoms with E-state index in [-0.39, 0.29) is 17.2 Å². The van der Waals surface area contributed by atoms with Gasteiger partial charge in [-0.2, -0.15) is 0 Å². The lowest BCUT2D eigenvalue weighted by molar-refractivity contribution is 0.0697. The number of nitrogens with zero attached hydrogens (tertiary/aromatic N) is 1. The number of amides is 2. The number of benzene rings is 3. The quantitative estimate of drug-likeness (QED) is 0.252. The van der Waals surface area contributed by atoms with Crippen molar-refractivity contribution in [1.82, 2.24) is 0 Å². The van der Waals surface area contributed by atoms with Gasteiger partial charge in [0, 0.05) is 18.8 Å². The van der Waals surface area contributed by atoms with Gasteiger partial charge < -0.3 is 25.4 Å². The predicted molar refractivity (Wildman–Crippen MR) is 151 cm³/mol. The van der Waals surface area contributed by atoms with Crippen LogP contribution < -0.4 is 15.5 Å². The molecule has 2 amide bonds. The van der Waals surface area contributed by atoms with E-state index in [0.29, 0.717) is 42.6 Å². The maximum Gasteiger partial charge on any atom is 0.336 e. The number of carbonyl (C=O) groups excluding carboxylic acids is 1. The second-order valence-electron chi connectivity index (χ2n) is 9.93. The first-order valence-corrected chi connectivity index (χ1v) is 12.7. The molecule has 202 valence electrons. The first-order valence-electron chi connectivity index (χ1n) is 12.7. The standard InChI is InChI=1S/C30H36FN3O4/c1-19(2)18-34(14-15-38-20(3)4)28-13-8-22(26-17-23(31)9-12-25(26)29(35)36)16-27(28)33-30(37)32-24-10-6-21(5)7-11-24/h6-13,16-17,19-20H,14-15,18H2,1-5H3,(H,35,36)(H2,32,33,37). The Morgan fingerprint density at radius 3 is 2.32 bits per heavy atom. The third-order valence-corrected chi connectivity index (χ3v) is 5.82. The highest BCUT2D eigenvalue weighted by atomic mass is 19.1. The summed E-state index contributed by atoms with van der Waals surface area (Å²) in [6, 6.07) is 15.8. The molecule has 38 heavy (non-hydrogen) atoms. The molecule has 8 heteroatoms. The molecule has 0 heterocycles. The predicted octanol–water partition coefficient (Wildman–Crippen LogP) is 7.03. The Labute approximate surface area is 223 Å². The highest BCUT2D eigenvalue weighted by Gasteiger charge is 2.19. The van der Waals surface area contributed by atoms with Gasteiger partial charge in [0.15, 0.2) is 0 Å². The molecule has 0 aliphatic carbocycles. The largest absolute Gasteiger partial charge is 0.478 e. The van der Waals surface area contributed by atoms with E-state index in [4.69, 9.17) is 4.74 Å². The van der Waals surface area contributed by atoms with Crippen molar-refractivity contribution in [3.63, 3.8) is 0 Å². The van der Waals surface area contributed by atoms with E-state index in [1.807, 2.05) is 51.1 Å². The van der Waals surface area contributed by atoms with Crippen LogP contribution in [-0.4, -0.2) is 42.9 Å². The number of anilines is 3. The second kappa shape index (κ2) is 13.1. The van der Waals surface area contributed by atoms with Crippen LogP contribution in [0.3, 0.4) is 0 Å². The topological polar surface area (TPSA) is 90.9 Å². The van der Waals surface area contributed by atoms with E-state index in [1.54, 1.807) is 12.1 Å². The molecular weight excluding hydrogens is 485 g/mol. The summed E-state index contributed by atoms with van der Waals surface area (Å²) < 4.78 is 19.9. The number of hydrogen-bond acceptors (Lipinski definition) is 4. The van der Waals surface area contributed by atoms with Gasteiger partial charge in [-0.25, -0.2) is 14.0 Å². The number of aryl methyl sites for hydroxylation is 1. The number of carboxylic acids is 1. The summed E-state index contributed by atoms with van der Waals surface area (Å²) in [7, 11) is 0. The Bertz CT molecular complexity index is 1260. The van der Waals surface area contributed by atoms with Gasteiger partial charge in [-0.3, -0.25) is 0 Å². The maximum absolute atomic E-state index is 14.1. The zero-order valence-electron chi connectivity index (χ0n) is 22.5. The van der Waals surface area contributed by atoms with Crippen LogP contribution in [0.4, 0.5) is 26.2 Å². The Kier molecular flexibility index (Phi) is 9.85. The highest BCUT2D eigenvalue weighted by molar-refractivity contribution is 6.03. The van der Waals surface area contributed by atoms with Gasteiger partial charge in [0.2, 0.25) is 0 Å². The summed E-state index contributed by atoms with van der Waals surface area (Å²) in [5.74, 6) is -1.39. The van der Waals surface area contributed by atoms with Crippen LogP contribution in [0.15, 0.2) is 60.7 Å². The maximum atomic E-state index is 14.1. The van der Waals surface area contributed by atoms with Gasteiger partial charge in [-0.15, -0.1) is 0 Å². The van der Waals surface area contributed by atoms with Crippen LogP contribution in [-0.2, 0) is 4.74 Å². The summed E-state index contributed by atoms with van der Waals surface area (Å²) in [4.78, 5) is 27.0. The number of urea groups is 1. The fourth-order valence-electron chi connectivity index (χ4n) is 4.09. The molecule has 0 spiro atoms. The molecule has 0 saturated carbocycles. The summed E-state index contributed by atoms with van der Waals surface area (Å²) in [5.41, 5.74) is 3.60. The minimum atomic E-state index is -1.16. The molecule has 0 bridgehead atoms. The summed E-state index contributed by atoms with van der Waals surface area (Å²) in [6.07, 6.45) is 0.0820. The summed E-state index contributed by atoms with van der Waals surface area (Å²) in [6.45, 7) is 11.9. The number of nitrogens with one attached hydrogen (secondary N) is 2. The van der Waals surface area contributed by atoms with E-state index in [1.165, 1.54) is 12.1 Å². The van der Waals surface area contributed by atoms with Gasteiger partial charge in [0.25, 0.3) is 0 Å². The zero-order valence-corrected chi connectivity index (χ0v) is 22.5. The van der Waals surface area contributed by atoms with E-state index < -0.39 is 17.8 Å². The Morgan fingerprint density at radius 2 is 1.68 bits per heavy atom. The third-order valence-electron chi connectivity index (χ3n) is 5.82. The molecule has 0 fully saturated rings. The summed E-state index contributed by atoms with van der Waals surface area (Å²) >= 11 is 0. The van der Waals surface area contributed by atoms with Crippen LogP contribution in [0.1, 0.15) is 43.6 Å². The van der Waals surface area contributed by atoms with Crippen molar-refractivity contribution in [3.8, 4) is 11.1 Å². The highest BCUT2D eigenvalue weighted by Crippen LogP contribution is 2.34.